The van der Waals surface area contributed by atoms with Crippen molar-refractivity contribution in [2.75, 3.05) is 5.32 Å². The summed E-state index contributed by atoms with van der Waals surface area (Å²) in [4.78, 5) is 22.0. The van der Waals surface area contributed by atoms with E-state index >= 15 is 0 Å². The van der Waals surface area contributed by atoms with Gasteiger partial charge in [-0.25, -0.2) is 0 Å². The van der Waals surface area contributed by atoms with E-state index in [1.165, 1.54) is 7.05 Å². The Morgan fingerprint density at radius 1 is 1.58 bits per heavy atom. The molecule has 1 heterocycles. The molecule has 0 unspecified atom stereocenters. The Hall–Kier alpha value is -1.67. The van der Waals surface area contributed by atoms with E-state index in [2.05, 4.69) is 10.4 Å². The monoisotopic (exact) mass is 288 g/mol. The highest BCUT2D eigenvalue weighted by atomic mass is 35.5. The van der Waals surface area contributed by atoms with Gasteiger partial charge in [-0.2, -0.15) is 0 Å². The highest BCUT2D eigenvalue weighted by molar-refractivity contribution is 6.34. The zero-order valence-corrected chi connectivity index (χ0v) is 10.9. The summed E-state index contributed by atoms with van der Waals surface area (Å²) < 4.78 is 0.855. The SMILES string of the molecule is Cn1nc([N+](=O)[O-])c(Cl)c(N[C@H]2CCC[C@@H]2O)c1=O. The fourth-order valence-corrected chi connectivity index (χ4v) is 2.38. The zero-order chi connectivity index (χ0) is 14.2. The average Bonchev–Trinajstić information content (AvgIpc) is 2.74. The Labute approximate surface area is 113 Å². The number of nitro groups is 1. The second-order valence-corrected chi connectivity index (χ2v) is 4.83. The van der Waals surface area contributed by atoms with Crippen molar-refractivity contribution in [3.05, 3.63) is 25.5 Å². The first-order valence-electron chi connectivity index (χ1n) is 5.77. The molecule has 1 aromatic rings. The molecule has 2 rings (SSSR count). The fourth-order valence-electron chi connectivity index (χ4n) is 2.13. The summed E-state index contributed by atoms with van der Waals surface area (Å²) in [7, 11) is 1.31. The van der Waals surface area contributed by atoms with Gasteiger partial charge >= 0.3 is 11.4 Å². The van der Waals surface area contributed by atoms with Gasteiger partial charge in [-0.15, -0.1) is 4.68 Å². The molecule has 0 bridgehead atoms. The molecule has 1 aliphatic carbocycles. The van der Waals surface area contributed by atoms with Crippen LogP contribution in [0.25, 0.3) is 0 Å². The van der Waals surface area contributed by atoms with Gasteiger partial charge < -0.3 is 20.5 Å². The summed E-state index contributed by atoms with van der Waals surface area (Å²) in [5, 5.41) is 26.5. The molecule has 0 spiro atoms. The molecule has 0 aromatic carbocycles. The fraction of sp³-hybridized carbons (Fsp3) is 0.600. The molecule has 1 aromatic heterocycles. The Balaban J connectivity index is 2.44. The molecule has 2 N–H and O–H groups in total. The van der Waals surface area contributed by atoms with Crippen LogP contribution in [-0.4, -0.2) is 32.0 Å². The lowest BCUT2D eigenvalue weighted by Crippen LogP contribution is -2.33. The molecule has 2 atom stereocenters. The summed E-state index contributed by atoms with van der Waals surface area (Å²) >= 11 is 5.85. The maximum Gasteiger partial charge on any atom is 0.409 e. The van der Waals surface area contributed by atoms with E-state index < -0.39 is 22.4 Å². The Morgan fingerprint density at radius 3 is 2.79 bits per heavy atom. The summed E-state index contributed by atoms with van der Waals surface area (Å²) in [6.07, 6.45) is 1.54. The van der Waals surface area contributed by atoms with Crippen molar-refractivity contribution < 1.29 is 10.0 Å². The molecule has 8 nitrogen and oxygen atoms in total. The number of aliphatic hydroxyl groups is 1. The third-order valence-electron chi connectivity index (χ3n) is 3.15. The number of hydrogen-bond acceptors (Lipinski definition) is 6. The van der Waals surface area contributed by atoms with Gasteiger partial charge in [-0.05, 0) is 24.2 Å². The normalized spacial score (nSPS) is 22.5. The molecular formula is C10H13ClN4O4. The molecule has 9 heteroatoms. The zero-order valence-electron chi connectivity index (χ0n) is 10.2. The van der Waals surface area contributed by atoms with Gasteiger partial charge in [0.1, 0.15) is 5.69 Å². The number of anilines is 1. The molecule has 0 amide bonds. The van der Waals surface area contributed by atoms with E-state index in [4.69, 9.17) is 11.6 Å². The van der Waals surface area contributed by atoms with Crippen LogP contribution in [0.5, 0.6) is 0 Å². The summed E-state index contributed by atoms with van der Waals surface area (Å²) in [6.45, 7) is 0. The number of aliphatic hydroxyl groups excluding tert-OH is 1. The molecule has 19 heavy (non-hydrogen) atoms. The van der Waals surface area contributed by atoms with Gasteiger partial charge in [-0.3, -0.25) is 4.79 Å². The van der Waals surface area contributed by atoms with Crippen LogP contribution in [0.4, 0.5) is 11.5 Å². The van der Waals surface area contributed by atoms with Crippen LogP contribution >= 0.6 is 11.6 Å². The van der Waals surface area contributed by atoms with Gasteiger partial charge in [0.15, 0.2) is 5.02 Å². The van der Waals surface area contributed by atoms with Gasteiger partial charge in [0.2, 0.25) is 0 Å². The van der Waals surface area contributed by atoms with Gasteiger partial charge in [0, 0.05) is 0 Å². The predicted molar refractivity (Wildman–Crippen MR) is 68.4 cm³/mol. The van der Waals surface area contributed by atoms with Crippen molar-refractivity contribution in [3.8, 4) is 0 Å². The molecule has 0 radical (unpaired) electrons. The minimum absolute atomic E-state index is 0.0863. The topological polar surface area (TPSA) is 110 Å². The lowest BCUT2D eigenvalue weighted by Gasteiger charge is -2.17. The maximum absolute atomic E-state index is 11.9. The van der Waals surface area contributed by atoms with E-state index in [1.54, 1.807) is 0 Å². The molecule has 1 aliphatic rings. The number of halogens is 1. The van der Waals surface area contributed by atoms with Gasteiger partial charge in [0.05, 0.1) is 24.3 Å². The van der Waals surface area contributed by atoms with Gasteiger partial charge in [-0.1, -0.05) is 11.6 Å². The standard InChI is InChI=1S/C10H13ClN4O4/c1-14-10(17)8(7(11)9(13-14)15(18)19)12-5-3-2-4-6(5)16/h5-6,12,16H,2-4H2,1H3/t5-,6-/m0/s1. The van der Waals surface area contributed by atoms with E-state index in [9.17, 15) is 20.0 Å². The second-order valence-electron chi connectivity index (χ2n) is 4.45. The summed E-state index contributed by atoms with van der Waals surface area (Å²) in [6, 6.07) is -0.327. The van der Waals surface area contributed by atoms with Crippen molar-refractivity contribution >= 4 is 23.1 Å². The molecule has 104 valence electrons. The number of aryl methyl sites for hydroxylation is 1. The second kappa shape index (κ2) is 5.14. The predicted octanol–water partition coefficient (Wildman–Crippen LogP) is 0.667. The molecular weight excluding hydrogens is 276 g/mol. The highest BCUT2D eigenvalue weighted by Crippen LogP contribution is 2.29. The van der Waals surface area contributed by atoms with E-state index in [0.717, 1.165) is 11.1 Å². The third-order valence-corrected chi connectivity index (χ3v) is 3.51. The van der Waals surface area contributed by atoms with Crippen molar-refractivity contribution in [3.63, 3.8) is 0 Å². The number of nitrogens with zero attached hydrogens (tertiary/aromatic N) is 3. The van der Waals surface area contributed by atoms with E-state index in [0.29, 0.717) is 12.8 Å². The van der Waals surface area contributed by atoms with Crippen LogP contribution in [0.15, 0.2) is 4.79 Å². The summed E-state index contributed by atoms with van der Waals surface area (Å²) in [5.41, 5.74) is -0.647. The third kappa shape index (κ3) is 2.54. The summed E-state index contributed by atoms with van der Waals surface area (Å²) in [5.74, 6) is -0.584. The minimum Gasteiger partial charge on any atom is -0.391 e. The highest BCUT2D eigenvalue weighted by Gasteiger charge is 2.30. The number of nitrogens with one attached hydrogen (secondary N) is 1. The Bertz CT molecular complexity index is 573. The lowest BCUT2D eigenvalue weighted by molar-refractivity contribution is -0.390. The smallest absolute Gasteiger partial charge is 0.391 e. The van der Waals surface area contributed by atoms with E-state index in [-0.39, 0.29) is 16.8 Å². The average molecular weight is 289 g/mol. The first-order chi connectivity index (χ1) is 8.91. The number of aromatic nitrogens is 2. The molecule has 0 saturated heterocycles. The lowest BCUT2D eigenvalue weighted by atomic mass is 10.2. The first kappa shape index (κ1) is 13.8. The Morgan fingerprint density at radius 2 is 2.26 bits per heavy atom. The van der Waals surface area contributed by atoms with Crippen molar-refractivity contribution in [2.24, 2.45) is 7.05 Å². The number of rotatable bonds is 3. The maximum atomic E-state index is 11.9. The van der Waals surface area contributed by atoms with Crippen molar-refractivity contribution in [1.82, 2.24) is 9.78 Å². The van der Waals surface area contributed by atoms with Crippen LogP contribution in [-0.2, 0) is 7.05 Å². The van der Waals surface area contributed by atoms with Gasteiger partial charge in [0.25, 0.3) is 0 Å². The largest absolute Gasteiger partial charge is 0.409 e. The Kier molecular flexibility index (Phi) is 3.72. The first-order valence-corrected chi connectivity index (χ1v) is 6.15. The molecule has 1 saturated carbocycles. The minimum atomic E-state index is -0.752. The van der Waals surface area contributed by atoms with Crippen molar-refractivity contribution in [1.29, 1.82) is 0 Å². The van der Waals surface area contributed by atoms with Crippen LogP contribution in [0.3, 0.4) is 0 Å². The molecule has 1 fully saturated rings. The van der Waals surface area contributed by atoms with Crippen molar-refractivity contribution in [2.45, 2.75) is 31.4 Å². The van der Waals surface area contributed by atoms with Crippen LogP contribution in [0.1, 0.15) is 19.3 Å². The quantitative estimate of drug-likeness (QED) is 0.625. The van der Waals surface area contributed by atoms with Crippen LogP contribution in [0.2, 0.25) is 5.02 Å². The number of hydrogen-bond donors (Lipinski definition) is 2. The molecule has 0 aliphatic heterocycles. The van der Waals surface area contributed by atoms with Crippen LogP contribution in [0, 0.1) is 10.1 Å². The van der Waals surface area contributed by atoms with Crippen LogP contribution < -0.4 is 10.9 Å². The van der Waals surface area contributed by atoms with E-state index in [1.807, 2.05) is 0 Å².